The van der Waals surface area contributed by atoms with E-state index < -0.39 is 6.29 Å². The standard InChI is InChI=1S/C28H38O3/c1-6-20(2)21-12-14-24(15-13-21)30-26(19-29-23-10-8-7-9-11-23)31-25-18-22-16-17-28(25,5)27(22,3)4/h7-15,20,22,25-26H,6,16-19H2,1-5H3. The molecular formula is C28H38O3. The smallest absolute Gasteiger partial charge is 0.234 e. The zero-order chi connectivity index (χ0) is 22.1. The van der Waals surface area contributed by atoms with E-state index in [2.05, 4.69) is 58.9 Å². The third kappa shape index (κ3) is 4.35. The molecule has 31 heavy (non-hydrogen) atoms. The molecule has 2 aromatic carbocycles. The van der Waals surface area contributed by atoms with Gasteiger partial charge in [-0.25, -0.2) is 0 Å². The average molecular weight is 423 g/mol. The lowest BCUT2D eigenvalue weighted by Crippen LogP contribution is -2.42. The van der Waals surface area contributed by atoms with E-state index in [9.17, 15) is 0 Å². The summed E-state index contributed by atoms with van der Waals surface area (Å²) >= 11 is 0. The molecule has 0 spiro atoms. The van der Waals surface area contributed by atoms with Crippen LogP contribution < -0.4 is 9.47 Å². The maximum atomic E-state index is 6.66. The lowest BCUT2D eigenvalue weighted by Gasteiger charge is -2.40. The van der Waals surface area contributed by atoms with Gasteiger partial charge in [0.25, 0.3) is 0 Å². The highest BCUT2D eigenvalue weighted by molar-refractivity contribution is 5.29. The van der Waals surface area contributed by atoms with Gasteiger partial charge < -0.3 is 14.2 Å². The number of fused-ring (bicyclic) bond motifs is 2. The lowest BCUT2D eigenvalue weighted by molar-refractivity contribution is -0.171. The highest BCUT2D eigenvalue weighted by Gasteiger charge is 2.62. The predicted molar refractivity (Wildman–Crippen MR) is 126 cm³/mol. The number of benzene rings is 2. The molecule has 0 saturated heterocycles. The van der Waals surface area contributed by atoms with Gasteiger partial charge in [0.05, 0.1) is 6.10 Å². The van der Waals surface area contributed by atoms with E-state index in [4.69, 9.17) is 14.2 Å². The summed E-state index contributed by atoms with van der Waals surface area (Å²) < 4.78 is 19.0. The summed E-state index contributed by atoms with van der Waals surface area (Å²) in [7, 11) is 0. The maximum absolute atomic E-state index is 6.66. The molecule has 3 heteroatoms. The highest BCUT2D eigenvalue weighted by atomic mass is 16.7. The summed E-state index contributed by atoms with van der Waals surface area (Å²) in [6.07, 6.45) is 4.55. The molecule has 2 bridgehead atoms. The Morgan fingerprint density at radius 3 is 2.26 bits per heavy atom. The molecule has 4 rings (SSSR count). The second-order valence-electron chi connectivity index (χ2n) is 10.3. The Balaban J connectivity index is 1.48. The van der Waals surface area contributed by atoms with E-state index in [0.29, 0.717) is 17.9 Å². The van der Waals surface area contributed by atoms with Crippen LogP contribution in [0.1, 0.15) is 71.8 Å². The van der Waals surface area contributed by atoms with Crippen LogP contribution in [0.15, 0.2) is 54.6 Å². The molecule has 2 aliphatic carbocycles. The molecule has 5 atom stereocenters. The van der Waals surface area contributed by atoms with Gasteiger partial charge in [0.15, 0.2) is 6.61 Å². The number of hydrogen-bond donors (Lipinski definition) is 0. The first-order chi connectivity index (χ1) is 14.8. The van der Waals surface area contributed by atoms with Crippen molar-refractivity contribution < 1.29 is 14.2 Å². The van der Waals surface area contributed by atoms with Crippen molar-refractivity contribution >= 4 is 0 Å². The Bertz CT molecular complexity index is 844. The molecule has 2 saturated carbocycles. The van der Waals surface area contributed by atoms with Crippen LogP contribution in [-0.2, 0) is 4.74 Å². The fourth-order valence-corrected chi connectivity index (χ4v) is 5.56. The molecule has 0 N–H and O–H groups in total. The average Bonchev–Trinajstić information content (AvgIpc) is 3.12. The van der Waals surface area contributed by atoms with Gasteiger partial charge >= 0.3 is 0 Å². The summed E-state index contributed by atoms with van der Waals surface area (Å²) in [5, 5.41) is 0. The quantitative estimate of drug-likeness (QED) is 0.399. The summed E-state index contributed by atoms with van der Waals surface area (Å²) in [4.78, 5) is 0. The van der Waals surface area contributed by atoms with Gasteiger partial charge in [-0.1, -0.05) is 65.0 Å². The Kier molecular flexibility index (Phi) is 6.35. The van der Waals surface area contributed by atoms with Crippen molar-refractivity contribution in [1.29, 1.82) is 0 Å². The van der Waals surface area contributed by atoms with Crippen molar-refractivity contribution in [2.45, 2.75) is 78.6 Å². The highest BCUT2D eigenvalue weighted by Crippen LogP contribution is 2.66. The SMILES string of the molecule is CCC(C)c1ccc(OC(COc2ccccc2)OC2CC3CCC2(C)C3(C)C)cc1. The molecule has 0 radical (unpaired) electrons. The Hall–Kier alpha value is -2.00. The van der Waals surface area contributed by atoms with Gasteiger partial charge in [0.2, 0.25) is 6.29 Å². The fourth-order valence-electron chi connectivity index (χ4n) is 5.56. The van der Waals surface area contributed by atoms with E-state index in [1.807, 2.05) is 30.3 Å². The third-order valence-corrected chi connectivity index (χ3v) is 8.49. The minimum Gasteiger partial charge on any atom is -0.487 e. The monoisotopic (exact) mass is 422 g/mol. The van der Waals surface area contributed by atoms with Crippen LogP contribution in [0.25, 0.3) is 0 Å². The molecule has 2 aliphatic rings. The van der Waals surface area contributed by atoms with Crippen LogP contribution in [0.2, 0.25) is 0 Å². The molecule has 5 unspecified atom stereocenters. The summed E-state index contributed by atoms with van der Waals surface area (Å²) in [6.45, 7) is 12.1. The van der Waals surface area contributed by atoms with E-state index in [-0.39, 0.29) is 11.5 Å². The zero-order valence-electron chi connectivity index (χ0n) is 19.8. The number of para-hydroxylation sites is 1. The first kappa shape index (κ1) is 22.2. The summed E-state index contributed by atoms with van der Waals surface area (Å²) in [5.41, 5.74) is 1.84. The molecule has 2 fully saturated rings. The van der Waals surface area contributed by atoms with Crippen LogP contribution in [-0.4, -0.2) is 19.0 Å². The zero-order valence-corrected chi connectivity index (χ0v) is 19.8. The minimum absolute atomic E-state index is 0.187. The molecule has 3 nitrogen and oxygen atoms in total. The first-order valence-corrected chi connectivity index (χ1v) is 11.9. The topological polar surface area (TPSA) is 27.7 Å². The van der Waals surface area contributed by atoms with Gasteiger partial charge in [0.1, 0.15) is 11.5 Å². The van der Waals surface area contributed by atoms with E-state index in [0.717, 1.165) is 30.3 Å². The largest absolute Gasteiger partial charge is 0.487 e. The van der Waals surface area contributed by atoms with E-state index >= 15 is 0 Å². The minimum atomic E-state index is -0.438. The Morgan fingerprint density at radius 2 is 1.68 bits per heavy atom. The fraction of sp³-hybridized carbons (Fsp3) is 0.571. The van der Waals surface area contributed by atoms with Crippen molar-refractivity contribution in [3.63, 3.8) is 0 Å². The molecule has 168 valence electrons. The Labute approximate surface area is 188 Å². The number of hydrogen-bond acceptors (Lipinski definition) is 3. The maximum Gasteiger partial charge on any atom is 0.234 e. The van der Waals surface area contributed by atoms with Gasteiger partial charge in [-0.05, 0) is 78.2 Å². The van der Waals surface area contributed by atoms with Gasteiger partial charge in [-0.2, -0.15) is 0 Å². The second-order valence-corrected chi connectivity index (χ2v) is 10.3. The lowest BCUT2D eigenvalue weighted by atomic mass is 9.70. The molecule has 0 aliphatic heterocycles. The van der Waals surface area contributed by atoms with Crippen LogP contribution in [0.5, 0.6) is 11.5 Å². The van der Waals surface area contributed by atoms with Crippen molar-refractivity contribution in [2.24, 2.45) is 16.7 Å². The first-order valence-electron chi connectivity index (χ1n) is 11.9. The normalized spacial score (nSPS) is 28.3. The third-order valence-electron chi connectivity index (χ3n) is 8.49. The summed E-state index contributed by atoms with van der Waals surface area (Å²) in [5.74, 6) is 2.96. The van der Waals surface area contributed by atoms with E-state index in [1.54, 1.807) is 0 Å². The molecule has 2 aromatic rings. The van der Waals surface area contributed by atoms with Crippen LogP contribution in [0, 0.1) is 16.7 Å². The predicted octanol–water partition coefficient (Wildman–Crippen LogP) is 7.22. The second kappa shape index (κ2) is 8.86. The molecular weight excluding hydrogens is 384 g/mol. The van der Waals surface area contributed by atoms with Gasteiger partial charge in [0, 0.05) is 0 Å². The molecule has 0 aromatic heterocycles. The number of ether oxygens (including phenoxy) is 3. The van der Waals surface area contributed by atoms with Crippen molar-refractivity contribution in [3.8, 4) is 11.5 Å². The Morgan fingerprint density at radius 1 is 0.968 bits per heavy atom. The van der Waals surface area contributed by atoms with E-state index in [1.165, 1.54) is 18.4 Å². The van der Waals surface area contributed by atoms with Crippen molar-refractivity contribution in [1.82, 2.24) is 0 Å². The van der Waals surface area contributed by atoms with Gasteiger partial charge in [-0.3, -0.25) is 0 Å². The molecule has 0 heterocycles. The van der Waals surface area contributed by atoms with Crippen LogP contribution in [0.3, 0.4) is 0 Å². The van der Waals surface area contributed by atoms with Gasteiger partial charge in [-0.15, -0.1) is 0 Å². The van der Waals surface area contributed by atoms with Crippen molar-refractivity contribution in [2.75, 3.05) is 6.61 Å². The van der Waals surface area contributed by atoms with Crippen LogP contribution >= 0.6 is 0 Å². The van der Waals surface area contributed by atoms with Crippen LogP contribution in [0.4, 0.5) is 0 Å². The number of rotatable bonds is 9. The molecule has 0 amide bonds. The van der Waals surface area contributed by atoms with Crippen molar-refractivity contribution in [3.05, 3.63) is 60.2 Å². The summed E-state index contributed by atoms with van der Waals surface area (Å²) in [6, 6.07) is 18.4.